The van der Waals surface area contributed by atoms with E-state index in [0.29, 0.717) is 16.7 Å². The average molecular weight is 528 g/mol. The smallest absolute Gasteiger partial charge is 0.330 e. The Labute approximate surface area is 217 Å². The number of hydrogen-bond acceptors (Lipinski definition) is 6. The Balaban J connectivity index is 1.36. The minimum atomic E-state index is -3.72. The van der Waals surface area contributed by atoms with Crippen molar-refractivity contribution < 1.29 is 37.5 Å². The van der Waals surface area contributed by atoms with E-state index in [1.54, 1.807) is 32.3 Å². The summed E-state index contributed by atoms with van der Waals surface area (Å²) >= 11 is 0. The number of Topliss-reactive ketones (excluding diaryl/α,β-unsaturated/α-hetero) is 1. The number of aryl methyl sites for hydroxylation is 1. The van der Waals surface area contributed by atoms with Crippen molar-refractivity contribution in [1.29, 1.82) is 0 Å². The van der Waals surface area contributed by atoms with E-state index in [-0.39, 0.29) is 55.9 Å². The number of carbonyl (C=O) groups is 5. The molecule has 2 aliphatic rings. The fourth-order valence-corrected chi connectivity index (χ4v) is 4.39. The molecule has 0 radical (unpaired) electrons. The minimum Gasteiger partial charge on any atom is -0.484 e. The van der Waals surface area contributed by atoms with Crippen LogP contribution in [0.15, 0.2) is 42.5 Å². The monoisotopic (exact) mass is 527 g/mol. The number of likely N-dealkylation sites (N-methyl/N-ethyl adjacent to an activating group) is 1. The van der Waals surface area contributed by atoms with Gasteiger partial charge in [0.15, 0.2) is 6.61 Å². The number of rotatable bonds is 9. The number of nitrogens with one attached hydrogen (secondary N) is 1. The van der Waals surface area contributed by atoms with E-state index >= 15 is 0 Å². The van der Waals surface area contributed by atoms with Crippen LogP contribution >= 0.6 is 0 Å². The molecule has 38 heavy (non-hydrogen) atoms. The van der Waals surface area contributed by atoms with Crippen LogP contribution in [0, 0.1) is 0 Å². The van der Waals surface area contributed by atoms with Crippen LogP contribution in [0.3, 0.4) is 0 Å². The number of piperidine rings is 1. The summed E-state index contributed by atoms with van der Waals surface area (Å²) in [5.41, 5.74) is 1.18. The summed E-state index contributed by atoms with van der Waals surface area (Å²) in [5, 5.41) is 2.24. The molecule has 1 N–H and O–H groups in total. The molecule has 2 aliphatic heterocycles. The fourth-order valence-electron chi connectivity index (χ4n) is 4.39. The molecule has 11 heteroatoms. The van der Waals surface area contributed by atoms with Crippen LogP contribution in [0.2, 0.25) is 0 Å². The predicted octanol–water partition coefficient (Wildman–Crippen LogP) is 2.21. The van der Waals surface area contributed by atoms with E-state index in [0.717, 1.165) is 12.1 Å². The quantitative estimate of drug-likeness (QED) is 0.501. The third kappa shape index (κ3) is 5.56. The summed E-state index contributed by atoms with van der Waals surface area (Å²) in [6, 6.07) is 8.87. The molecule has 1 saturated heterocycles. The minimum absolute atomic E-state index is 0.0438. The summed E-state index contributed by atoms with van der Waals surface area (Å²) in [4.78, 5) is 63.2. The van der Waals surface area contributed by atoms with Crippen molar-refractivity contribution in [1.82, 2.24) is 15.1 Å². The maximum Gasteiger partial charge on any atom is 0.330 e. The molecule has 4 rings (SSSR count). The van der Waals surface area contributed by atoms with Gasteiger partial charge in [-0.2, -0.15) is 8.78 Å². The van der Waals surface area contributed by atoms with Crippen LogP contribution in [-0.2, 0) is 38.1 Å². The van der Waals surface area contributed by atoms with Crippen molar-refractivity contribution in [2.45, 2.75) is 44.2 Å². The molecular weight excluding hydrogens is 500 g/mol. The first kappa shape index (κ1) is 26.9. The maximum absolute atomic E-state index is 14.8. The predicted molar refractivity (Wildman–Crippen MR) is 130 cm³/mol. The number of benzene rings is 2. The van der Waals surface area contributed by atoms with E-state index in [1.807, 2.05) is 0 Å². The van der Waals surface area contributed by atoms with Gasteiger partial charge in [0.25, 0.3) is 11.8 Å². The average Bonchev–Trinajstić information content (AvgIpc) is 3.21. The van der Waals surface area contributed by atoms with Gasteiger partial charge in [0.2, 0.25) is 17.6 Å². The number of amides is 4. The third-order valence-corrected chi connectivity index (χ3v) is 6.66. The number of carbonyl (C=O) groups excluding carboxylic acids is 5. The van der Waals surface area contributed by atoms with Gasteiger partial charge in [-0.05, 0) is 54.3 Å². The molecule has 1 fully saturated rings. The zero-order valence-corrected chi connectivity index (χ0v) is 21.0. The maximum atomic E-state index is 14.8. The van der Waals surface area contributed by atoms with E-state index in [4.69, 9.17) is 4.74 Å². The number of ether oxygens (including phenoxy) is 1. The summed E-state index contributed by atoms with van der Waals surface area (Å²) < 4.78 is 34.9. The second-order valence-electron chi connectivity index (χ2n) is 9.49. The zero-order chi connectivity index (χ0) is 27.6. The summed E-state index contributed by atoms with van der Waals surface area (Å²) in [6.45, 7) is -0.0771. The number of alkyl halides is 2. The van der Waals surface area contributed by atoms with Gasteiger partial charge in [0.05, 0.1) is 0 Å². The first-order chi connectivity index (χ1) is 18.0. The van der Waals surface area contributed by atoms with Crippen molar-refractivity contribution in [2.75, 3.05) is 20.7 Å². The van der Waals surface area contributed by atoms with Gasteiger partial charge >= 0.3 is 5.92 Å². The number of halogens is 2. The van der Waals surface area contributed by atoms with E-state index in [9.17, 15) is 32.8 Å². The summed E-state index contributed by atoms with van der Waals surface area (Å²) in [5.74, 6) is -6.25. The van der Waals surface area contributed by atoms with Gasteiger partial charge in [0.1, 0.15) is 11.8 Å². The first-order valence-corrected chi connectivity index (χ1v) is 12.1. The second-order valence-corrected chi connectivity index (χ2v) is 9.49. The van der Waals surface area contributed by atoms with Gasteiger partial charge < -0.3 is 14.5 Å². The van der Waals surface area contributed by atoms with Crippen LogP contribution in [-0.4, -0.2) is 66.0 Å². The van der Waals surface area contributed by atoms with E-state index in [1.165, 1.54) is 21.9 Å². The number of fused-ring (bicyclic) bond motifs is 1. The Morgan fingerprint density at radius 2 is 1.82 bits per heavy atom. The molecule has 0 bridgehead atoms. The number of nitrogens with zero attached hydrogens (tertiary/aromatic N) is 2. The lowest BCUT2D eigenvalue weighted by Gasteiger charge is -2.29. The third-order valence-electron chi connectivity index (χ3n) is 6.66. The standard InChI is InChI=1S/C27H27F2N3O6/c1-31(2)24(35)15-38-19-7-5-18(6-8-19)27(28,29)22(33)11-4-16-3-9-20-17(13-16)14-32(26(20)37)21-10-12-23(34)30-25(21)36/h3,5-9,13,21H,4,10-12,14-15H2,1-2H3,(H,30,34,36). The molecule has 1 unspecified atom stereocenters. The van der Waals surface area contributed by atoms with Gasteiger partial charge in [0, 0.05) is 44.6 Å². The molecule has 2 aromatic carbocycles. The Morgan fingerprint density at radius 1 is 1.11 bits per heavy atom. The molecule has 2 heterocycles. The van der Waals surface area contributed by atoms with Gasteiger partial charge in [-0.3, -0.25) is 29.3 Å². The number of imide groups is 1. The van der Waals surface area contributed by atoms with Crippen molar-refractivity contribution in [3.63, 3.8) is 0 Å². The molecule has 4 amide bonds. The lowest BCUT2D eigenvalue weighted by Crippen LogP contribution is -2.52. The highest BCUT2D eigenvalue weighted by atomic mass is 19.3. The van der Waals surface area contributed by atoms with Crippen molar-refractivity contribution >= 4 is 29.4 Å². The lowest BCUT2D eigenvalue weighted by molar-refractivity contribution is -0.144. The molecule has 0 spiro atoms. The van der Waals surface area contributed by atoms with Crippen LogP contribution in [0.25, 0.3) is 0 Å². The normalized spacial score (nSPS) is 17.2. The molecule has 0 aromatic heterocycles. The first-order valence-electron chi connectivity index (χ1n) is 12.1. The largest absolute Gasteiger partial charge is 0.484 e. The van der Waals surface area contributed by atoms with E-state index < -0.39 is 35.6 Å². The topological polar surface area (TPSA) is 113 Å². The molecule has 0 aliphatic carbocycles. The van der Waals surface area contributed by atoms with Crippen molar-refractivity contribution in [3.8, 4) is 5.75 Å². The highest BCUT2D eigenvalue weighted by molar-refractivity contribution is 6.05. The molecule has 9 nitrogen and oxygen atoms in total. The summed E-state index contributed by atoms with van der Waals surface area (Å²) in [7, 11) is 3.14. The molecule has 1 atom stereocenters. The van der Waals surface area contributed by atoms with Gasteiger partial charge in [-0.25, -0.2) is 0 Å². The van der Waals surface area contributed by atoms with Crippen LogP contribution in [0.5, 0.6) is 5.75 Å². The highest BCUT2D eigenvalue weighted by Gasteiger charge is 2.41. The summed E-state index contributed by atoms with van der Waals surface area (Å²) in [6.07, 6.45) is 0.000460. The number of hydrogen-bond donors (Lipinski definition) is 1. The molecule has 0 saturated carbocycles. The zero-order valence-electron chi connectivity index (χ0n) is 21.0. The van der Waals surface area contributed by atoms with Crippen molar-refractivity contribution in [2.24, 2.45) is 0 Å². The van der Waals surface area contributed by atoms with Crippen molar-refractivity contribution in [3.05, 3.63) is 64.7 Å². The Morgan fingerprint density at radius 3 is 2.47 bits per heavy atom. The fraction of sp³-hybridized carbons (Fsp3) is 0.370. The second kappa shape index (κ2) is 10.7. The highest BCUT2D eigenvalue weighted by Crippen LogP contribution is 2.33. The van der Waals surface area contributed by atoms with Gasteiger partial charge in [-0.1, -0.05) is 12.1 Å². The van der Waals surface area contributed by atoms with E-state index in [2.05, 4.69) is 5.32 Å². The van der Waals surface area contributed by atoms with Crippen LogP contribution in [0.4, 0.5) is 8.78 Å². The molecule has 2 aromatic rings. The van der Waals surface area contributed by atoms with Crippen LogP contribution < -0.4 is 10.1 Å². The van der Waals surface area contributed by atoms with Gasteiger partial charge in [-0.15, -0.1) is 0 Å². The SMILES string of the molecule is CN(C)C(=O)COc1ccc(C(F)(F)C(=O)CCc2ccc3c(c2)CN(C2CCC(=O)NC2=O)C3=O)cc1. The Kier molecular flexibility index (Phi) is 7.56. The number of ketones is 1. The molecule has 200 valence electrons. The molecular formula is C27H27F2N3O6. The van der Waals surface area contributed by atoms with Crippen LogP contribution in [0.1, 0.15) is 46.3 Å². The Hall–Kier alpha value is -4.15. The lowest BCUT2D eigenvalue weighted by atomic mass is 9.97. The Bertz CT molecular complexity index is 1290.